The largest absolute Gasteiger partial charge is 0.508 e. The molecule has 0 bridgehead atoms. The molecule has 3 aromatic rings. The van der Waals surface area contributed by atoms with Crippen LogP contribution in [0.15, 0.2) is 47.6 Å². The van der Waals surface area contributed by atoms with Crippen LogP contribution in [0.3, 0.4) is 0 Å². The van der Waals surface area contributed by atoms with E-state index in [4.69, 9.17) is 11.6 Å². The Labute approximate surface area is 140 Å². The molecule has 3 rings (SSSR count). The number of nitrogens with zero attached hydrogens (tertiary/aromatic N) is 2. The fourth-order valence-electron chi connectivity index (χ4n) is 1.85. The molecule has 0 unspecified atom stereocenters. The lowest BCUT2D eigenvalue weighted by Crippen LogP contribution is -2.17. The predicted octanol–water partition coefficient (Wildman–Crippen LogP) is 3.26. The van der Waals surface area contributed by atoms with E-state index >= 15 is 0 Å². The Morgan fingerprint density at radius 2 is 2.22 bits per heavy atom. The molecule has 0 radical (unpaired) electrons. The Morgan fingerprint density at radius 3 is 2.96 bits per heavy atom. The van der Waals surface area contributed by atoms with E-state index in [0.29, 0.717) is 15.6 Å². The highest BCUT2D eigenvalue weighted by Gasteiger charge is 2.11. The topological polar surface area (TPSA) is 90.4 Å². The second-order valence-corrected chi connectivity index (χ2v) is 6.28. The van der Waals surface area contributed by atoms with Crippen LogP contribution in [0.4, 0.5) is 0 Å². The van der Waals surface area contributed by atoms with Crippen LogP contribution in [0.1, 0.15) is 16.1 Å². The van der Waals surface area contributed by atoms with Gasteiger partial charge in [-0.2, -0.15) is 10.2 Å². The number of H-pyrrole nitrogens is 1. The number of aromatic hydroxyl groups is 1. The van der Waals surface area contributed by atoms with Crippen molar-refractivity contribution in [2.45, 2.75) is 0 Å². The average Bonchev–Trinajstić information content (AvgIpc) is 3.16. The molecule has 0 aliphatic carbocycles. The molecule has 0 aliphatic rings. The van der Waals surface area contributed by atoms with Crippen LogP contribution in [-0.2, 0) is 0 Å². The number of hydrazone groups is 1. The zero-order valence-corrected chi connectivity index (χ0v) is 13.2. The molecular formula is C15H11ClN4O2S. The molecule has 1 amide bonds. The van der Waals surface area contributed by atoms with Gasteiger partial charge in [-0.25, -0.2) is 5.43 Å². The zero-order valence-electron chi connectivity index (χ0n) is 11.7. The smallest absolute Gasteiger partial charge is 0.291 e. The Balaban J connectivity index is 1.66. The van der Waals surface area contributed by atoms with Crippen molar-refractivity contribution < 1.29 is 9.90 Å². The minimum absolute atomic E-state index is 0.131. The summed E-state index contributed by atoms with van der Waals surface area (Å²) in [6, 6.07) is 11.8. The summed E-state index contributed by atoms with van der Waals surface area (Å²) in [4.78, 5) is 12.9. The van der Waals surface area contributed by atoms with Crippen LogP contribution < -0.4 is 5.43 Å². The molecule has 0 saturated heterocycles. The van der Waals surface area contributed by atoms with E-state index in [1.807, 2.05) is 6.07 Å². The van der Waals surface area contributed by atoms with E-state index in [2.05, 4.69) is 20.7 Å². The van der Waals surface area contributed by atoms with Crippen molar-refractivity contribution in [2.24, 2.45) is 5.10 Å². The van der Waals surface area contributed by atoms with E-state index in [-0.39, 0.29) is 11.4 Å². The van der Waals surface area contributed by atoms with Gasteiger partial charge in [0.15, 0.2) is 5.69 Å². The molecule has 8 heteroatoms. The molecule has 2 heterocycles. The van der Waals surface area contributed by atoms with Crippen molar-refractivity contribution in [3.63, 3.8) is 0 Å². The number of benzene rings is 1. The number of phenolic OH excluding ortho intramolecular Hbond substituents is 1. The molecule has 0 spiro atoms. The molecule has 23 heavy (non-hydrogen) atoms. The molecule has 3 N–H and O–H groups in total. The first-order valence-electron chi connectivity index (χ1n) is 6.55. The van der Waals surface area contributed by atoms with Gasteiger partial charge in [-0.05, 0) is 35.9 Å². The average molecular weight is 347 g/mol. The van der Waals surface area contributed by atoms with Crippen molar-refractivity contribution in [3.8, 4) is 16.3 Å². The van der Waals surface area contributed by atoms with Gasteiger partial charge < -0.3 is 5.11 Å². The number of aromatic amines is 1. The molecule has 0 atom stereocenters. The standard InChI is InChI=1S/C15H11ClN4O2S/c16-14-5-4-13(23-14)11-7-12(19-18-11)15(22)20-17-8-9-2-1-3-10(21)6-9/h1-8,21H,(H,18,19)(H,20,22). The first-order chi connectivity index (χ1) is 11.1. The zero-order chi connectivity index (χ0) is 16.2. The van der Waals surface area contributed by atoms with Gasteiger partial charge in [-0.1, -0.05) is 23.7 Å². The highest BCUT2D eigenvalue weighted by atomic mass is 35.5. The van der Waals surface area contributed by atoms with Crippen LogP contribution in [0.5, 0.6) is 5.75 Å². The number of rotatable bonds is 4. The van der Waals surface area contributed by atoms with Crippen LogP contribution in [-0.4, -0.2) is 27.4 Å². The number of phenols is 1. The maximum Gasteiger partial charge on any atom is 0.291 e. The lowest BCUT2D eigenvalue weighted by Gasteiger charge is -1.96. The third kappa shape index (κ3) is 3.77. The summed E-state index contributed by atoms with van der Waals surface area (Å²) in [5, 5.41) is 19.9. The predicted molar refractivity (Wildman–Crippen MR) is 90.1 cm³/mol. The molecule has 116 valence electrons. The third-order valence-corrected chi connectivity index (χ3v) is 4.16. The van der Waals surface area contributed by atoms with Gasteiger partial charge >= 0.3 is 0 Å². The van der Waals surface area contributed by atoms with E-state index in [1.165, 1.54) is 23.6 Å². The van der Waals surface area contributed by atoms with Crippen molar-refractivity contribution in [1.82, 2.24) is 15.6 Å². The molecular weight excluding hydrogens is 336 g/mol. The van der Waals surface area contributed by atoms with Gasteiger partial charge in [0.1, 0.15) is 5.75 Å². The normalized spacial score (nSPS) is 11.0. The van der Waals surface area contributed by atoms with Gasteiger partial charge in [0.25, 0.3) is 5.91 Å². The van der Waals surface area contributed by atoms with Crippen molar-refractivity contribution in [2.75, 3.05) is 0 Å². The number of carbonyl (C=O) groups excluding carboxylic acids is 1. The van der Waals surface area contributed by atoms with E-state index in [0.717, 1.165) is 4.88 Å². The number of thiophene rings is 1. The maximum atomic E-state index is 12.0. The van der Waals surface area contributed by atoms with Crippen LogP contribution in [0, 0.1) is 0 Å². The van der Waals surface area contributed by atoms with Crippen LogP contribution in [0.2, 0.25) is 4.34 Å². The summed E-state index contributed by atoms with van der Waals surface area (Å²) in [7, 11) is 0. The Bertz CT molecular complexity index is 872. The summed E-state index contributed by atoms with van der Waals surface area (Å²) < 4.78 is 0.663. The summed E-state index contributed by atoms with van der Waals surface area (Å²) in [6.45, 7) is 0. The number of amides is 1. The van der Waals surface area contributed by atoms with Gasteiger partial charge in [-0.3, -0.25) is 9.89 Å². The monoisotopic (exact) mass is 346 g/mol. The van der Waals surface area contributed by atoms with Crippen molar-refractivity contribution >= 4 is 35.1 Å². The van der Waals surface area contributed by atoms with Crippen molar-refractivity contribution in [1.29, 1.82) is 0 Å². The number of halogens is 1. The van der Waals surface area contributed by atoms with Gasteiger partial charge in [0, 0.05) is 0 Å². The summed E-state index contributed by atoms with van der Waals surface area (Å²) in [5.41, 5.74) is 3.98. The van der Waals surface area contributed by atoms with Crippen LogP contribution in [0.25, 0.3) is 10.6 Å². The Kier molecular flexibility index (Phi) is 4.40. The SMILES string of the molecule is O=C(NN=Cc1cccc(O)c1)c1cc(-c2ccc(Cl)s2)[nH]n1. The minimum atomic E-state index is -0.438. The highest BCUT2D eigenvalue weighted by Crippen LogP contribution is 2.29. The number of aromatic nitrogens is 2. The molecule has 0 fully saturated rings. The maximum absolute atomic E-state index is 12.0. The number of carbonyl (C=O) groups is 1. The van der Waals surface area contributed by atoms with Crippen molar-refractivity contribution in [3.05, 3.63) is 58.1 Å². The first kappa shape index (κ1) is 15.3. The van der Waals surface area contributed by atoms with Gasteiger partial charge in [0.2, 0.25) is 0 Å². The fraction of sp³-hybridized carbons (Fsp3) is 0. The lowest BCUT2D eigenvalue weighted by atomic mass is 10.2. The van der Waals surface area contributed by atoms with Gasteiger partial charge in [-0.15, -0.1) is 11.3 Å². The van der Waals surface area contributed by atoms with Crippen LogP contribution >= 0.6 is 22.9 Å². The summed E-state index contributed by atoms with van der Waals surface area (Å²) >= 11 is 7.28. The molecule has 1 aromatic carbocycles. The minimum Gasteiger partial charge on any atom is -0.508 e. The molecule has 0 saturated carbocycles. The fourth-order valence-corrected chi connectivity index (χ4v) is 2.86. The van der Waals surface area contributed by atoms with E-state index in [9.17, 15) is 9.90 Å². The Hall–Kier alpha value is -2.64. The number of hydrogen-bond acceptors (Lipinski definition) is 5. The first-order valence-corrected chi connectivity index (χ1v) is 7.75. The summed E-state index contributed by atoms with van der Waals surface area (Å²) in [6.07, 6.45) is 1.43. The number of hydrogen-bond donors (Lipinski definition) is 3. The second kappa shape index (κ2) is 6.64. The lowest BCUT2D eigenvalue weighted by molar-refractivity contribution is 0.0950. The summed E-state index contributed by atoms with van der Waals surface area (Å²) in [5.74, 6) is -0.307. The molecule has 2 aromatic heterocycles. The second-order valence-electron chi connectivity index (χ2n) is 4.56. The number of nitrogens with one attached hydrogen (secondary N) is 2. The highest BCUT2D eigenvalue weighted by molar-refractivity contribution is 7.19. The van der Waals surface area contributed by atoms with E-state index in [1.54, 1.807) is 30.3 Å². The molecule has 0 aliphatic heterocycles. The van der Waals surface area contributed by atoms with E-state index < -0.39 is 5.91 Å². The van der Waals surface area contributed by atoms with Gasteiger partial charge in [0.05, 0.1) is 21.1 Å². The quantitative estimate of drug-likeness (QED) is 0.500. The third-order valence-electron chi connectivity index (χ3n) is 2.90. The molecule has 6 nitrogen and oxygen atoms in total. The Morgan fingerprint density at radius 1 is 1.35 bits per heavy atom.